The van der Waals surface area contributed by atoms with Crippen molar-refractivity contribution >= 4 is 42.6 Å². The molecule has 2 heterocycles. The third kappa shape index (κ3) is 5.84. The van der Waals surface area contributed by atoms with E-state index in [9.17, 15) is 22.0 Å². The lowest BCUT2D eigenvalue weighted by molar-refractivity contribution is 0.0984. The van der Waals surface area contributed by atoms with E-state index in [4.69, 9.17) is 0 Å². The Balaban J connectivity index is 1.69. The molecule has 37 heavy (non-hydrogen) atoms. The maximum absolute atomic E-state index is 14.3. The standard InChI is InChI=1S/C26H26F2N4O3S2/c1-3-5-14-31(4-2)37(34,35)21-11-9-18(10-12-21)25(33)32(17-20-8-6-7-13-29-20)26-30-24-22(28)15-19(27)16-23(24)36-26/h6-13,15-16H,3-5,14,17H2,1-2H3. The van der Waals surface area contributed by atoms with Gasteiger partial charge < -0.3 is 0 Å². The van der Waals surface area contributed by atoms with Crippen molar-refractivity contribution in [1.29, 1.82) is 0 Å². The summed E-state index contributed by atoms with van der Waals surface area (Å²) in [6, 6.07) is 12.9. The Kier molecular flexibility index (Phi) is 8.25. The van der Waals surface area contributed by atoms with E-state index >= 15 is 0 Å². The van der Waals surface area contributed by atoms with Gasteiger partial charge in [0.15, 0.2) is 10.9 Å². The Bertz CT molecular complexity index is 1490. The van der Waals surface area contributed by atoms with E-state index in [1.165, 1.54) is 39.5 Å². The summed E-state index contributed by atoms with van der Waals surface area (Å²) in [5.74, 6) is -2.03. The molecule has 2 aromatic heterocycles. The van der Waals surface area contributed by atoms with E-state index in [-0.39, 0.29) is 32.4 Å². The summed E-state index contributed by atoms with van der Waals surface area (Å²) in [5, 5.41) is 0.170. The molecule has 0 atom stereocenters. The molecule has 4 rings (SSSR count). The van der Waals surface area contributed by atoms with Crippen LogP contribution in [0.1, 0.15) is 42.7 Å². The summed E-state index contributed by atoms with van der Waals surface area (Å²) >= 11 is 0.981. The van der Waals surface area contributed by atoms with Gasteiger partial charge in [0, 0.05) is 30.9 Å². The minimum absolute atomic E-state index is 0.0320. The van der Waals surface area contributed by atoms with Gasteiger partial charge >= 0.3 is 0 Å². The predicted molar refractivity (Wildman–Crippen MR) is 140 cm³/mol. The van der Waals surface area contributed by atoms with Crippen molar-refractivity contribution in [2.75, 3.05) is 18.0 Å². The molecule has 0 unspecified atom stereocenters. The van der Waals surface area contributed by atoms with Gasteiger partial charge in [-0.1, -0.05) is 37.7 Å². The van der Waals surface area contributed by atoms with E-state index in [1.54, 1.807) is 31.3 Å². The van der Waals surface area contributed by atoms with E-state index in [0.717, 1.165) is 30.2 Å². The van der Waals surface area contributed by atoms with E-state index < -0.39 is 27.6 Å². The Hall–Kier alpha value is -3.28. The number of thiazole rings is 1. The summed E-state index contributed by atoms with van der Waals surface area (Å²) in [4.78, 5) is 23.6. The van der Waals surface area contributed by atoms with Crippen LogP contribution in [0.2, 0.25) is 0 Å². The Labute approximate surface area is 218 Å². The number of nitrogens with zero attached hydrogens (tertiary/aromatic N) is 4. The molecule has 194 valence electrons. The van der Waals surface area contributed by atoms with Crippen molar-refractivity contribution in [3.63, 3.8) is 0 Å². The molecule has 11 heteroatoms. The van der Waals surface area contributed by atoms with Crippen LogP contribution >= 0.6 is 11.3 Å². The van der Waals surface area contributed by atoms with Crippen LogP contribution in [0.5, 0.6) is 0 Å². The first-order chi connectivity index (χ1) is 17.7. The van der Waals surface area contributed by atoms with E-state index in [2.05, 4.69) is 9.97 Å². The second-order valence-electron chi connectivity index (χ2n) is 8.32. The molecule has 0 bridgehead atoms. The van der Waals surface area contributed by atoms with Crippen LogP contribution in [0.25, 0.3) is 10.2 Å². The second kappa shape index (κ2) is 11.4. The number of benzene rings is 2. The number of carbonyl (C=O) groups excluding carboxylic acids is 1. The summed E-state index contributed by atoms with van der Waals surface area (Å²) < 4.78 is 55.9. The number of hydrogen-bond acceptors (Lipinski definition) is 6. The first kappa shape index (κ1) is 26.8. The fourth-order valence-electron chi connectivity index (χ4n) is 3.80. The molecular formula is C26H26F2N4O3S2. The van der Waals surface area contributed by atoms with Crippen LogP contribution in [0, 0.1) is 11.6 Å². The zero-order valence-electron chi connectivity index (χ0n) is 20.4. The number of amides is 1. The number of rotatable bonds is 10. The molecular weight excluding hydrogens is 518 g/mol. The minimum Gasteiger partial charge on any atom is -0.278 e. The van der Waals surface area contributed by atoms with Crippen LogP contribution in [0.3, 0.4) is 0 Å². The molecule has 0 saturated heterocycles. The van der Waals surface area contributed by atoms with Gasteiger partial charge in [-0.15, -0.1) is 0 Å². The minimum atomic E-state index is -3.70. The maximum Gasteiger partial charge on any atom is 0.260 e. The SMILES string of the molecule is CCCCN(CC)S(=O)(=O)c1ccc(C(=O)N(Cc2ccccn2)c2nc3c(F)cc(F)cc3s2)cc1. The average molecular weight is 545 g/mol. The third-order valence-electron chi connectivity index (χ3n) is 5.78. The number of fused-ring (bicyclic) bond motifs is 1. The maximum atomic E-state index is 14.3. The normalized spacial score (nSPS) is 11.8. The average Bonchev–Trinajstić information content (AvgIpc) is 3.32. The van der Waals surface area contributed by atoms with Crippen LogP contribution in [-0.2, 0) is 16.6 Å². The van der Waals surface area contributed by atoms with Crippen LogP contribution in [0.4, 0.5) is 13.9 Å². The lowest BCUT2D eigenvalue weighted by Gasteiger charge is -2.21. The van der Waals surface area contributed by atoms with Crippen molar-refractivity contribution < 1.29 is 22.0 Å². The molecule has 4 aromatic rings. The topological polar surface area (TPSA) is 83.5 Å². The van der Waals surface area contributed by atoms with Crippen molar-refractivity contribution in [3.8, 4) is 0 Å². The Morgan fingerprint density at radius 3 is 2.46 bits per heavy atom. The van der Waals surface area contributed by atoms with Crippen LogP contribution in [0.15, 0.2) is 65.7 Å². The summed E-state index contributed by atoms with van der Waals surface area (Å²) in [6.45, 7) is 4.57. The van der Waals surface area contributed by atoms with Gasteiger partial charge in [0.05, 0.1) is 21.8 Å². The molecule has 0 aliphatic rings. The number of carbonyl (C=O) groups is 1. The van der Waals surface area contributed by atoms with Gasteiger partial charge in [0.1, 0.15) is 11.3 Å². The van der Waals surface area contributed by atoms with Gasteiger partial charge in [0.2, 0.25) is 10.0 Å². The number of sulfonamides is 1. The molecule has 0 aliphatic carbocycles. The number of aromatic nitrogens is 2. The highest BCUT2D eigenvalue weighted by Crippen LogP contribution is 2.33. The van der Waals surface area contributed by atoms with E-state index in [0.29, 0.717) is 18.8 Å². The van der Waals surface area contributed by atoms with E-state index in [1.807, 2.05) is 6.92 Å². The molecule has 0 radical (unpaired) electrons. The molecule has 0 aliphatic heterocycles. The molecule has 7 nitrogen and oxygen atoms in total. The molecule has 0 spiro atoms. The number of pyridine rings is 1. The smallest absolute Gasteiger partial charge is 0.260 e. The molecule has 0 N–H and O–H groups in total. The Morgan fingerprint density at radius 1 is 1.05 bits per heavy atom. The van der Waals surface area contributed by atoms with Gasteiger partial charge in [-0.25, -0.2) is 22.2 Å². The molecule has 2 aromatic carbocycles. The number of unbranched alkanes of at least 4 members (excludes halogenated alkanes) is 1. The van der Waals surface area contributed by atoms with Crippen molar-refractivity contribution in [2.24, 2.45) is 0 Å². The summed E-state index contributed by atoms with van der Waals surface area (Å²) in [6.07, 6.45) is 3.20. The van der Waals surface area contributed by atoms with Gasteiger partial charge in [-0.2, -0.15) is 4.31 Å². The molecule has 1 amide bonds. The number of hydrogen-bond donors (Lipinski definition) is 0. The quantitative estimate of drug-likeness (QED) is 0.259. The van der Waals surface area contributed by atoms with Crippen molar-refractivity contribution in [1.82, 2.24) is 14.3 Å². The van der Waals surface area contributed by atoms with Crippen molar-refractivity contribution in [2.45, 2.75) is 38.1 Å². The zero-order valence-corrected chi connectivity index (χ0v) is 22.0. The summed E-state index contributed by atoms with van der Waals surface area (Å²) in [7, 11) is -3.70. The van der Waals surface area contributed by atoms with Crippen molar-refractivity contribution in [3.05, 3.63) is 83.7 Å². The molecule has 0 fully saturated rings. The van der Waals surface area contributed by atoms with Crippen LogP contribution < -0.4 is 4.90 Å². The molecule has 0 saturated carbocycles. The summed E-state index contributed by atoms with van der Waals surface area (Å²) in [5.41, 5.74) is 0.751. The number of halogens is 2. The number of anilines is 1. The second-order valence-corrected chi connectivity index (χ2v) is 11.3. The largest absolute Gasteiger partial charge is 0.278 e. The van der Waals surface area contributed by atoms with Gasteiger partial charge in [-0.05, 0) is 48.9 Å². The van der Waals surface area contributed by atoms with Gasteiger partial charge in [-0.3, -0.25) is 14.7 Å². The highest BCUT2D eigenvalue weighted by atomic mass is 32.2. The van der Waals surface area contributed by atoms with Crippen LogP contribution in [-0.4, -0.2) is 41.7 Å². The lowest BCUT2D eigenvalue weighted by atomic mass is 10.2. The van der Waals surface area contributed by atoms with Gasteiger partial charge in [0.25, 0.3) is 5.91 Å². The lowest BCUT2D eigenvalue weighted by Crippen LogP contribution is -2.32. The third-order valence-corrected chi connectivity index (χ3v) is 8.79. The fraction of sp³-hybridized carbons (Fsp3) is 0.269. The zero-order chi connectivity index (χ0) is 26.6. The first-order valence-electron chi connectivity index (χ1n) is 11.8. The highest BCUT2D eigenvalue weighted by Gasteiger charge is 2.26. The predicted octanol–water partition coefficient (Wildman–Crippen LogP) is 5.63. The monoisotopic (exact) mass is 544 g/mol. The Morgan fingerprint density at radius 2 is 1.81 bits per heavy atom. The fourth-order valence-corrected chi connectivity index (χ4v) is 6.29. The highest BCUT2D eigenvalue weighted by molar-refractivity contribution is 7.89. The first-order valence-corrected chi connectivity index (χ1v) is 14.1.